The standard InChI is InChI=1S/C18H12O4/c19-14(11-10-12-6-2-1-3-7-12)16-17(20)13-8-4-5-9-15(13)22-18(16)21/h1-11,20H/b11-10+. The summed E-state index contributed by atoms with van der Waals surface area (Å²) < 4.78 is 5.08. The molecule has 1 heterocycles. The molecule has 0 bridgehead atoms. The zero-order valence-electron chi connectivity index (χ0n) is 11.5. The number of rotatable bonds is 3. The molecule has 0 unspecified atom stereocenters. The van der Waals surface area contributed by atoms with Gasteiger partial charge >= 0.3 is 5.63 Å². The minimum absolute atomic E-state index is 0.244. The fraction of sp³-hybridized carbons (Fsp3) is 0. The molecule has 0 radical (unpaired) electrons. The van der Waals surface area contributed by atoms with Gasteiger partial charge in [0.1, 0.15) is 16.9 Å². The first-order chi connectivity index (χ1) is 10.7. The van der Waals surface area contributed by atoms with Crippen LogP contribution >= 0.6 is 0 Å². The summed E-state index contributed by atoms with van der Waals surface area (Å²) in [4.78, 5) is 24.1. The van der Waals surface area contributed by atoms with Gasteiger partial charge in [0.05, 0.1) is 5.39 Å². The minimum Gasteiger partial charge on any atom is -0.506 e. The third-order valence-corrected chi connectivity index (χ3v) is 3.26. The van der Waals surface area contributed by atoms with Gasteiger partial charge in [0.15, 0.2) is 5.78 Å². The van der Waals surface area contributed by atoms with Gasteiger partial charge < -0.3 is 9.52 Å². The van der Waals surface area contributed by atoms with Crippen molar-refractivity contribution in [3.05, 3.63) is 82.2 Å². The molecular weight excluding hydrogens is 280 g/mol. The van der Waals surface area contributed by atoms with E-state index >= 15 is 0 Å². The van der Waals surface area contributed by atoms with Crippen molar-refractivity contribution >= 4 is 22.8 Å². The van der Waals surface area contributed by atoms with Gasteiger partial charge in [0.25, 0.3) is 0 Å². The van der Waals surface area contributed by atoms with E-state index in [0.29, 0.717) is 5.39 Å². The second-order valence-electron chi connectivity index (χ2n) is 4.72. The summed E-state index contributed by atoms with van der Waals surface area (Å²) in [5, 5.41) is 10.5. The van der Waals surface area contributed by atoms with Crippen LogP contribution in [0.3, 0.4) is 0 Å². The van der Waals surface area contributed by atoms with Gasteiger partial charge in [-0.1, -0.05) is 48.5 Å². The second kappa shape index (κ2) is 5.69. The van der Waals surface area contributed by atoms with Crippen molar-refractivity contribution in [2.75, 3.05) is 0 Å². The summed E-state index contributed by atoms with van der Waals surface area (Å²) in [6, 6.07) is 15.7. The molecule has 3 rings (SSSR count). The molecule has 3 aromatic rings. The molecule has 1 N–H and O–H groups in total. The molecule has 0 amide bonds. The van der Waals surface area contributed by atoms with E-state index in [1.165, 1.54) is 6.08 Å². The highest BCUT2D eigenvalue weighted by atomic mass is 16.4. The molecule has 0 aliphatic carbocycles. The maximum Gasteiger partial charge on any atom is 0.351 e. The molecule has 0 fully saturated rings. The van der Waals surface area contributed by atoms with Crippen LogP contribution < -0.4 is 5.63 Å². The number of carbonyl (C=O) groups excluding carboxylic acids is 1. The zero-order chi connectivity index (χ0) is 15.5. The Morgan fingerprint density at radius 2 is 1.68 bits per heavy atom. The van der Waals surface area contributed by atoms with Crippen molar-refractivity contribution in [3.8, 4) is 5.75 Å². The van der Waals surface area contributed by atoms with Crippen molar-refractivity contribution in [2.24, 2.45) is 0 Å². The maximum atomic E-state index is 12.2. The Balaban J connectivity index is 2.05. The van der Waals surface area contributed by atoms with Crippen molar-refractivity contribution < 1.29 is 14.3 Å². The monoisotopic (exact) mass is 292 g/mol. The number of para-hydroxylation sites is 1. The highest BCUT2D eigenvalue weighted by molar-refractivity contribution is 6.10. The zero-order valence-corrected chi connectivity index (χ0v) is 11.5. The van der Waals surface area contributed by atoms with Gasteiger partial charge in [-0.05, 0) is 23.8 Å². The first kappa shape index (κ1) is 13.8. The fourth-order valence-electron chi connectivity index (χ4n) is 2.17. The predicted molar refractivity (Wildman–Crippen MR) is 84.0 cm³/mol. The molecule has 108 valence electrons. The summed E-state index contributed by atoms with van der Waals surface area (Å²) >= 11 is 0. The van der Waals surface area contributed by atoms with E-state index in [2.05, 4.69) is 0 Å². The molecular formula is C18H12O4. The molecule has 2 aromatic carbocycles. The first-order valence-corrected chi connectivity index (χ1v) is 6.69. The lowest BCUT2D eigenvalue weighted by Crippen LogP contribution is -2.12. The van der Waals surface area contributed by atoms with Crippen molar-refractivity contribution in [2.45, 2.75) is 0 Å². The normalized spacial score (nSPS) is 11.1. The molecule has 22 heavy (non-hydrogen) atoms. The van der Waals surface area contributed by atoms with Crippen molar-refractivity contribution in [1.29, 1.82) is 0 Å². The Labute approximate surface area is 125 Å². The number of hydrogen-bond acceptors (Lipinski definition) is 4. The third kappa shape index (κ3) is 2.54. The van der Waals surface area contributed by atoms with Gasteiger partial charge in [-0.15, -0.1) is 0 Å². The van der Waals surface area contributed by atoms with Gasteiger partial charge in [0.2, 0.25) is 0 Å². The van der Waals surface area contributed by atoms with Crippen LogP contribution in [0.15, 0.2) is 69.9 Å². The van der Waals surface area contributed by atoms with Crippen LogP contribution in [0.2, 0.25) is 0 Å². The lowest BCUT2D eigenvalue weighted by atomic mass is 10.1. The predicted octanol–water partition coefficient (Wildman–Crippen LogP) is 3.39. The Hall–Kier alpha value is -3.14. The number of hydrogen-bond donors (Lipinski definition) is 1. The van der Waals surface area contributed by atoms with Crippen LogP contribution in [0, 0.1) is 0 Å². The molecule has 4 nitrogen and oxygen atoms in total. The van der Waals surface area contributed by atoms with Gasteiger partial charge in [-0.25, -0.2) is 4.79 Å². The Morgan fingerprint density at radius 3 is 2.45 bits per heavy atom. The Morgan fingerprint density at radius 1 is 1.00 bits per heavy atom. The van der Waals surface area contributed by atoms with E-state index in [0.717, 1.165) is 5.56 Å². The highest BCUT2D eigenvalue weighted by Gasteiger charge is 2.18. The van der Waals surface area contributed by atoms with E-state index in [1.54, 1.807) is 30.3 Å². The van der Waals surface area contributed by atoms with Crippen LogP contribution in [-0.2, 0) is 0 Å². The summed E-state index contributed by atoms with van der Waals surface area (Å²) in [5.41, 5.74) is -0.140. The van der Waals surface area contributed by atoms with Gasteiger partial charge in [-0.2, -0.15) is 0 Å². The Bertz CT molecular complexity index is 921. The van der Waals surface area contributed by atoms with E-state index in [9.17, 15) is 14.7 Å². The molecule has 0 aliphatic rings. The summed E-state index contributed by atoms with van der Waals surface area (Å²) in [5.74, 6) is -0.949. The van der Waals surface area contributed by atoms with Gasteiger partial charge in [0, 0.05) is 0 Å². The molecule has 0 spiro atoms. The van der Waals surface area contributed by atoms with Gasteiger partial charge in [-0.3, -0.25) is 4.79 Å². The number of fused-ring (bicyclic) bond motifs is 1. The summed E-state index contributed by atoms with van der Waals surface area (Å²) in [6.45, 7) is 0. The number of allylic oxidation sites excluding steroid dienone is 1. The first-order valence-electron chi connectivity index (χ1n) is 6.69. The van der Waals surface area contributed by atoms with E-state index in [-0.39, 0.29) is 16.9 Å². The SMILES string of the molecule is O=C(/C=C/c1ccccc1)c1c(O)c2ccccc2oc1=O. The number of ketones is 1. The molecule has 0 saturated heterocycles. The van der Waals surface area contributed by atoms with Crippen LogP contribution in [0.1, 0.15) is 15.9 Å². The molecule has 0 saturated carbocycles. The smallest absolute Gasteiger partial charge is 0.351 e. The quantitative estimate of drug-likeness (QED) is 0.456. The second-order valence-corrected chi connectivity index (χ2v) is 4.72. The van der Waals surface area contributed by atoms with Crippen LogP contribution in [0.4, 0.5) is 0 Å². The number of carbonyl (C=O) groups is 1. The lowest BCUT2D eigenvalue weighted by Gasteiger charge is -2.03. The largest absolute Gasteiger partial charge is 0.506 e. The van der Waals surface area contributed by atoms with E-state index in [4.69, 9.17) is 4.42 Å². The average Bonchev–Trinajstić information content (AvgIpc) is 2.54. The minimum atomic E-state index is -0.848. The third-order valence-electron chi connectivity index (χ3n) is 3.26. The van der Waals surface area contributed by atoms with Crippen LogP contribution in [0.5, 0.6) is 5.75 Å². The molecule has 0 atom stereocenters. The summed E-state index contributed by atoms with van der Waals surface area (Å²) in [6.07, 6.45) is 2.83. The van der Waals surface area contributed by atoms with E-state index < -0.39 is 11.4 Å². The molecule has 1 aromatic heterocycles. The van der Waals surface area contributed by atoms with E-state index in [1.807, 2.05) is 30.3 Å². The number of aromatic hydroxyl groups is 1. The topological polar surface area (TPSA) is 67.5 Å². The lowest BCUT2D eigenvalue weighted by molar-refractivity contribution is 0.104. The Kier molecular flexibility index (Phi) is 3.58. The maximum absolute atomic E-state index is 12.2. The van der Waals surface area contributed by atoms with Crippen molar-refractivity contribution in [1.82, 2.24) is 0 Å². The summed E-state index contributed by atoms with van der Waals surface area (Å²) in [7, 11) is 0. The highest BCUT2D eigenvalue weighted by Crippen LogP contribution is 2.26. The fourth-order valence-corrected chi connectivity index (χ4v) is 2.17. The average molecular weight is 292 g/mol. The number of benzene rings is 2. The molecule has 4 heteroatoms. The molecule has 0 aliphatic heterocycles. The van der Waals surface area contributed by atoms with Crippen LogP contribution in [0.25, 0.3) is 17.0 Å². The van der Waals surface area contributed by atoms with Crippen molar-refractivity contribution in [3.63, 3.8) is 0 Å². The van der Waals surface area contributed by atoms with Crippen LogP contribution in [-0.4, -0.2) is 10.9 Å².